The molecule has 150 valence electrons. The first-order valence-corrected chi connectivity index (χ1v) is 10.8. The lowest BCUT2D eigenvalue weighted by Gasteiger charge is -2.07. The molecule has 8 heteroatoms. The number of halogens is 1. The number of carbonyl (C=O) groups excluding carboxylic acids is 1. The Morgan fingerprint density at radius 3 is 2.73 bits per heavy atom. The van der Waals surface area contributed by atoms with Crippen LogP contribution >= 0.6 is 27.7 Å². The third kappa shape index (κ3) is 4.77. The average molecular weight is 482 g/mol. The third-order valence-corrected chi connectivity index (χ3v) is 5.73. The summed E-state index contributed by atoms with van der Waals surface area (Å²) in [5.74, 6) is -0.0495. The van der Waals surface area contributed by atoms with Gasteiger partial charge in [0.2, 0.25) is 5.91 Å². The standard InChI is InChI=1S/C22H16BrN3O3S/c1-13-10-21(28)29-19-11-16(6-7-17(13)19)25-20(27)12-30-22-24-9-8-18(26-22)14-2-4-15(23)5-3-14/h2-11H,12H2,1H3,(H,25,27). The van der Waals surface area contributed by atoms with E-state index in [1.807, 2.05) is 43.3 Å². The molecule has 0 saturated carbocycles. The Labute approximate surface area is 184 Å². The summed E-state index contributed by atoms with van der Waals surface area (Å²) < 4.78 is 6.22. The van der Waals surface area contributed by atoms with E-state index < -0.39 is 5.63 Å². The topological polar surface area (TPSA) is 85.1 Å². The van der Waals surface area contributed by atoms with Gasteiger partial charge in [-0.3, -0.25) is 4.79 Å². The van der Waals surface area contributed by atoms with Gasteiger partial charge in [0.1, 0.15) is 5.58 Å². The number of nitrogens with zero attached hydrogens (tertiary/aromatic N) is 2. The first-order chi connectivity index (χ1) is 14.5. The number of carbonyl (C=O) groups is 1. The minimum atomic E-state index is -0.415. The van der Waals surface area contributed by atoms with E-state index in [1.54, 1.807) is 18.3 Å². The fourth-order valence-corrected chi connectivity index (χ4v) is 3.82. The number of benzene rings is 2. The van der Waals surface area contributed by atoms with Gasteiger partial charge < -0.3 is 9.73 Å². The number of rotatable bonds is 5. The Hall–Kier alpha value is -2.97. The molecule has 6 nitrogen and oxygen atoms in total. The highest BCUT2D eigenvalue weighted by Gasteiger charge is 2.09. The van der Waals surface area contributed by atoms with Crippen molar-refractivity contribution in [2.75, 3.05) is 11.1 Å². The number of anilines is 1. The highest BCUT2D eigenvalue weighted by molar-refractivity contribution is 9.10. The highest BCUT2D eigenvalue weighted by atomic mass is 79.9. The smallest absolute Gasteiger partial charge is 0.336 e. The van der Waals surface area contributed by atoms with Gasteiger partial charge in [-0.25, -0.2) is 14.8 Å². The molecule has 2 heterocycles. The van der Waals surface area contributed by atoms with E-state index in [0.29, 0.717) is 16.4 Å². The first kappa shape index (κ1) is 20.3. The van der Waals surface area contributed by atoms with E-state index in [4.69, 9.17) is 4.42 Å². The van der Waals surface area contributed by atoms with Gasteiger partial charge in [0.25, 0.3) is 0 Å². The summed E-state index contributed by atoms with van der Waals surface area (Å²) in [6, 6.07) is 16.4. The molecular weight excluding hydrogens is 466 g/mol. The molecule has 2 aromatic heterocycles. The van der Waals surface area contributed by atoms with E-state index in [2.05, 4.69) is 31.2 Å². The van der Waals surface area contributed by atoms with Crippen molar-refractivity contribution in [3.8, 4) is 11.3 Å². The molecule has 4 aromatic rings. The molecular formula is C22H16BrN3O3S. The van der Waals surface area contributed by atoms with Crippen molar-refractivity contribution < 1.29 is 9.21 Å². The van der Waals surface area contributed by atoms with E-state index >= 15 is 0 Å². The van der Waals surface area contributed by atoms with Gasteiger partial charge in [-0.1, -0.05) is 39.8 Å². The van der Waals surface area contributed by atoms with E-state index in [1.165, 1.54) is 17.8 Å². The van der Waals surface area contributed by atoms with Crippen molar-refractivity contribution >= 4 is 50.3 Å². The SMILES string of the molecule is Cc1cc(=O)oc2cc(NC(=O)CSc3nccc(-c4ccc(Br)cc4)n3)ccc12. The fourth-order valence-electron chi connectivity index (χ4n) is 2.92. The maximum atomic E-state index is 12.4. The average Bonchev–Trinajstić information content (AvgIpc) is 2.72. The molecule has 0 radical (unpaired) electrons. The van der Waals surface area contributed by atoms with Crippen LogP contribution in [0.5, 0.6) is 0 Å². The monoisotopic (exact) mass is 481 g/mol. The van der Waals surface area contributed by atoms with Crippen molar-refractivity contribution in [1.82, 2.24) is 9.97 Å². The van der Waals surface area contributed by atoms with Gasteiger partial charge >= 0.3 is 5.63 Å². The van der Waals surface area contributed by atoms with Gasteiger partial charge in [0.05, 0.1) is 11.4 Å². The van der Waals surface area contributed by atoms with Gasteiger partial charge in [0, 0.05) is 39.4 Å². The Bertz CT molecular complexity index is 1290. The second kappa shape index (κ2) is 8.81. The van der Waals surface area contributed by atoms with Gasteiger partial charge in [-0.2, -0.15) is 0 Å². The van der Waals surface area contributed by atoms with Crippen LogP contribution in [0.4, 0.5) is 5.69 Å². The van der Waals surface area contributed by atoms with E-state index in [9.17, 15) is 9.59 Å². The Balaban J connectivity index is 1.43. The second-order valence-corrected chi connectivity index (χ2v) is 8.39. The van der Waals surface area contributed by atoms with Crippen LogP contribution in [0.3, 0.4) is 0 Å². The molecule has 1 amide bonds. The normalized spacial score (nSPS) is 10.9. The maximum absolute atomic E-state index is 12.4. The lowest BCUT2D eigenvalue weighted by atomic mass is 10.1. The van der Waals surface area contributed by atoms with E-state index in [-0.39, 0.29) is 11.7 Å². The van der Waals surface area contributed by atoms with Crippen molar-refractivity contribution in [2.45, 2.75) is 12.1 Å². The minimum absolute atomic E-state index is 0.152. The van der Waals surface area contributed by atoms with Crippen molar-refractivity contribution in [3.05, 3.63) is 81.3 Å². The number of amides is 1. The number of fused-ring (bicyclic) bond motifs is 1. The lowest BCUT2D eigenvalue weighted by molar-refractivity contribution is -0.113. The maximum Gasteiger partial charge on any atom is 0.336 e. The lowest BCUT2D eigenvalue weighted by Crippen LogP contribution is -2.14. The van der Waals surface area contributed by atoms with E-state index in [0.717, 1.165) is 26.7 Å². The van der Waals surface area contributed by atoms with Crippen molar-refractivity contribution in [3.63, 3.8) is 0 Å². The van der Waals surface area contributed by atoms with Gasteiger partial charge in [-0.05, 0) is 42.8 Å². The third-order valence-electron chi connectivity index (χ3n) is 4.34. The van der Waals surface area contributed by atoms with Crippen LogP contribution in [0, 0.1) is 6.92 Å². The number of aryl methyl sites for hydroxylation is 1. The van der Waals surface area contributed by atoms with Crippen LogP contribution in [0.25, 0.3) is 22.2 Å². The molecule has 30 heavy (non-hydrogen) atoms. The molecule has 0 bridgehead atoms. The number of hydrogen-bond donors (Lipinski definition) is 1. The number of nitrogens with one attached hydrogen (secondary N) is 1. The summed E-state index contributed by atoms with van der Waals surface area (Å²) in [7, 11) is 0. The van der Waals surface area contributed by atoms with Gasteiger partial charge in [-0.15, -0.1) is 0 Å². The summed E-state index contributed by atoms with van der Waals surface area (Å²) >= 11 is 4.67. The molecule has 0 aliphatic heterocycles. The Morgan fingerprint density at radius 2 is 1.93 bits per heavy atom. The molecule has 4 rings (SSSR count). The molecule has 0 unspecified atom stereocenters. The van der Waals surface area contributed by atoms with Crippen LogP contribution in [0.15, 0.2) is 79.6 Å². The zero-order valence-electron chi connectivity index (χ0n) is 15.9. The second-order valence-electron chi connectivity index (χ2n) is 6.53. The Kier molecular flexibility index (Phi) is 5.96. The predicted molar refractivity (Wildman–Crippen MR) is 122 cm³/mol. The summed E-state index contributed by atoms with van der Waals surface area (Å²) in [4.78, 5) is 32.7. The zero-order chi connectivity index (χ0) is 21.1. The molecule has 0 saturated heterocycles. The summed E-state index contributed by atoms with van der Waals surface area (Å²) in [6.07, 6.45) is 1.68. The quantitative estimate of drug-likeness (QED) is 0.243. The van der Waals surface area contributed by atoms with Gasteiger partial charge in [0.15, 0.2) is 5.16 Å². The molecule has 0 aliphatic rings. The Morgan fingerprint density at radius 1 is 1.13 bits per heavy atom. The van der Waals surface area contributed by atoms with Crippen molar-refractivity contribution in [1.29, 1.82) is 0 Å². The minimum Gasteiger partial charge on any atom is -0.423 e. The largest absolute Gasteiger partial charge is 0.423 e. The van der Waals surface area contributed by atoms with Crippen LogP contribution in [0.2, 0.25) is 0 Å². The predicted octanol–water partition coefficient (Wildman–Crippen LogP) is 5.05. The highest BCUT2D eigenvalue weighted by Crippen LogP contribution is 2.23. The summed E-state index contributed by atoms with van der Waals surface area (Å²) in [5.41, 5.74) is 3.18. The molecule has 0 spiro atoms. The molecule has 0 aliphatic carbocycles. The number of aromatic nitrogens is 2. The molecule has 0 atom stereocenters. The molecule has 1 N–H and O–H groups in total. The van der Waals surface area contributed by atoms with Crippen molar-refractivity contribution in [2.24, 2.45) is 0 Å². The summed E-state index contributed by atoms with van der Waals surface area (Å²) in [6.45, 7) is 1.84. The van der Waals surface area contributed by atoms with Crippen LogP contribution in [-0.2, 0) is 4.79 Å². The molecule has 0 fully saturated rings. The molecule has 2 aromatic carbocycles. The number of thioether (sulfide) groups is 1. The fraction of sp³-hybridized carbons (Fsp3) is 0.0909. The first-order valence-electron chi connectivity index (χ1n) is 9.04. The van der Waals surface area contributed by atoms with Crippen LogP contribution < -0.4 is 10.9 Å². The zero-order valence-corrected chi connectivity index (χ0v) is 18.3. The number of hydrogen-bond acceptors (Lipinski definition) is 6. The van der Waals surface area contributed by atoms with Crippen LogP contribution in [0.1, 0.15) is 5.56 Å². The van der Waals surface area contributed by atoms with Crippen LogP contribution in [-0.4, -0.2) is 21.6 Å². The summed E-state index contributed by atoms with van der Waals surface area (Å²) in [5, 5.41) is 4.17.